The van der Waals surface area contributed by atoms with Crippen LogP contribution in [0.2, 0.25) is 0 Å². The molecule has 188 valence electrons. The summed E-state index contributed by atoms with van der Waals surface area (Å²) >= 11 is 0. The lowest BCUT2D eigenvalue weighted by molar-refractivity contribution is -0.107. The summed E-state index contributed by atoms with van der Waals surface area (Å²) in [6.45, 7) is 0.267. The smallest absolute Gasteiger partial charge is 0.214 e. The standard InChI is InChI=1S/C25H25F2N5O3S/c26-18-12-25(13-18,24-21(27)5-2-9-28-24)15-29-23-7-6-22(30-31-23)17-3-1-4-19(11-17)32(16-33)20-8-10-36(34,35)14-20/h1-7,9,11,16,18,20H,8,10,12-15H2,(H,29,31). The van der Waals surface area contributed by atoms with Crippen molar-refractivity contribution in [2.75, 3.05) is 28.3 Å². The predicted molar refractivity (Wildman–Crippen MR) is 132 cm³/mol. The molecule has 11 heteroatoms. The monoisotopic (exact) mass is 513 g/mol. The zero-order valence-electron chi connectivity index (χ0n) is 19.3. The second-order valence-electron chi connectivity index (χ2n) is 9.40. The number of benzene rings is 1. The number of carbonyl (C=O) groups excluding carboxylic acids is 1. The molecule has 1 N–H and O–H groups in total. The summed E-state index contributed by atoms with van der Waals surface area (Å²) < 4.78 is 51.9. The van der Waals surface area contributed by atoms with Crippen LogP contribution >= 0.6 is 0 Å². The number of nitrogens with zero attached hydrogens (tertiary/aromatic N) is 4. The second-order valence-corrected chi connectivity index (χ2v) is 11.6. The van der Waals surface area contributed by atoms with Crippen LogP contribution in [0.4, 0.5) is 20.3 Å². The van der Waals surface area contributed by atoms with Crippen molar-refractivity contribution >= 4 is 27.8 Å². The average Bonchev–Trinajstić information content (AvgIpc) is 3.21. The number of sulfone groups is 1. The summed E-state index contributed by atoms with van der Waals surface area (Å²) in [5.74, 6) is 0.0242. The Morgan fingerprint density at radius 1 is 1.14 bits per heavy atom. The van der Waals surface area contributed by atoms with E-state index in [9.17, 15) is 22.0 Å². The van der Waals surface area contributed by atoms with Gasteiger partial charge in [0.15, 0.2) is 9.84 Å². The Morgan fingerprint density at radius 2 is 1.97 bits per heavy atom. The molecule has 3 aromatic rings. The number of nitrogens with one attached hydrogen (secondary N) is 1. The fourth-order valence-corrected chi connectivity index (χ4v) is 6.72. The summed E-state index contributed by atoms with van der Waals surface area (Å²) in [6.07, 6.45) is 1.93. The number of anilines is 2. The summed E-state index contributed by atoms with van der Waals surface area (Å²) in [7, 11) is -3.14. The maximum Gasteiger partial charge on any atom is 0.214 e. The molecule has 1 saturated heterocycles. The lowest BCUT2D eigenvalue weighted by Gasteiger charge is -2.44. The van der Waals surface area contributed by atoms with Gasteiger partial charge in [-0.05, 0) is 55.7 Å². The SMILES string of the molecule is O=CN(c1cccc(-c2ccc(NCC3(c4ncccc4F)CC(F)C3)nn2)c1)C1CCS(=O)(=O)C1. The van der Waals surface area contributed by atoms with E-state index < -0.39 is 33.3 Å². The molecule has 0 spiro atoms. The van der Waals surface area contributed by atoms with Crippen LogP contribution in [-0.2, 0) is 20.0 Å². The minimum absolute atomic E-state index is 0.0524. The molecular formula is C25H25F2N5O3S. The fraction of sp³-hybridized carbons (Fsp3) is 0.360. The quantitative estimate of drug-likeness (QED) is 0.461. The Balaban J connectivity index is 1.30. The minimum Gasteiger partial charge on any atom is -0.368 e. The number of carbonyl (C=O) groups is 1. The van der Waals surface area contributed by atoms with E-state index in [4.69, 9.17) is 0 Å². The van der Waals surface area contributed by atoms with Gasteiger partial charge < -0.3 is 10.2 Å². The van der Waals surface area contributed by atoms with E-state index in [-0.39, 0.29) is 36.6 Å². The van der Waals surface area contributed by atoms with Crippen molar-refractivity contribution in [1.29, 1.82) is 0 Å². The first-order valence-corrected chi connectivity index (χ1v) is 13.5. The third-order valence-corrected chi connectivity index (χ3v) is 8.66. The number of pyridine rings is 1. The van der Waals surface area contributed by atoms with Gasteiger partial charge in [-0.15, -0.1) is 10.2 Å². The first-order chi connectivity index (χ1) is 17.3. The number of hydrogen-bond donors (Lipinski definition) is 1. The summed E-state index contributed by atoms with van der Waals surface area (Å²) in [5.41, 5.74) is 1.36. The predicted octanol–water partition coefficient (Wildman–Crippen LogP) is 3.31. The van der Waals surface area contributed by atoms with E-state index in [0.29, 0.717) is 35.6 Å². The molecule has 3 heterocycles. The Kier molecular flexibility index (Phi) is 6.42. The average molecular weight is 514 g/mol. The molecule has 1 unspecified atom stereocenters. The molecule has 1 amide bonds. The Bertz CT molecular complexity index is 1360. The highest BCUT2D eigenvalue weighted by Gasteiger charge is 2.48. The van der Waals surface area contributed by atoms with Gasteiger partial charge in [-0.25, -0.2) is 17.2 Å². The van der Waals surface area contributed by atoms with Crippen molar-refractivity contribution in [3.63, 3.8) is 0 Å². The molecule has 1 aliphatic heterocycles. The highest BCUT2D eigenvalue weighted by molar-refractivity contribution is 7.91. The molecule has 2 aromatic heterocycles. The van der Waals surface area contributed by atoms with Crippen molar-refractivity contribution < 1.29 is 22.0 Å². The van der Waals surface area contributed by atoms with Crippen LogP contribution in [0.3, 0.4) is 0 Å². The van der Waals surface area contributed by atoms with Gasteiger partial charge in [0.2, 0.25) is 6.41 Å². The van der Waals surface area contributed by atoms with Crippen molar-refractivity contribution in [3.8, 4) is 11.3 Å². The van der Waals surface area contributed by atoms with Crippen LogP contribution in [0.5, 0.6) is 0 Å². The number of aromatic nitrogens is 3. The Morgan fingerprint density at radius 3 is 2.61 bits per heavy atom. The first-order valence-electron chi connectivity index (χ1n) is 11.7. The Hall–Kier alpha value is -3.47. The van der Waals surface area contributed by atoms with Crippen molar-refractivity contribution in [2.24, 2.45) is 0 Å². The van der Waals surface area contributed by atoms with Crippen molar-refractivity contribution in [3.05, 3.63) is 66.2 Å². The molecule has 1 aliphatic carbocycles. The number of alkyl halides is 1. The van der Waals surface area contributed by atoms with Crippen LogP contribution in [0, 0.1) is 5.82 Å². The minimum atomic E-state index is -3.14. The number of hydrogen-bond acceptors (Lipinski definition) is 7. The lowest BCUT2D eigenvalue weighted by atomic mass is 9.65. The van der Waals surface area contributed by atoms with Gasteiger partial charge in [-0.1, -0.05) is 12.1 Å². The van der Waals surface area contributed by atoms with Gasteiger partial charge in [-0.3, -0.25) is 9.78 Å². The van der Waals surface area contributed by atoms with E-state index in [1.165, 1.54) is 23.2 Å². The van der Waals surface area contributed by atoms with Crippen molar-refractivity contribution in [2.45, 2.75) is 36.9 Å². The van der Waals surface area contributed by atoms with Crippen LogP contribution in [-0.4, -0.2) is 60.3 Å². The van der Waals surface area contributed by atoms with Gasteiger partial charge in [-0.2, -0.15) is 0 Å². The molecule has 8 nitrogen and oxygen atoms in total. The fourth-order valence-electron chi connectivity index (χ4n) is 5.00. The second kappa shape index (κ2) is 9.53. The molecule has 2 fully saturated rings. The molecule has 0 radical (unpaired) electrons. The van der Waals surface area contributed by atoms with Gasteiger partial charge in [0.25, 0.3) is 0 Å². The van der Waals surface area contributed by atoms with Crippen molar-refractivity contribution in [1.82, 2.24) is 15.2 Å². The lowest BCUT2D eigenvalue weighted by Crippen LogP contribution is -2.49. The number of halogens is 2. The maximum absolute atomic E-state index is 14.4. The number of amides is 1. The zero-order valence-corrected chi connectivity index (χ0v) is 20.2. The van der Waals surface area contributed by atoms with Crippen LogP contribution < -0.4 is 10.2 Å². The van der Waals surface area contributed by atoms with Gasteiger partial charge in [0.05, 0.1) is 28.9 Å². The van der Waals surface area contributed by atoms with Crippen LogP contribution in [0.15, 0.2) is 54.7 Å². The molecule has 1 saturated carbocycles. The summed E-state index contributed by atoms with van der Waals surface area (Å²) in [5, 5.41) is 11.6. The zero-order chi connectivity index (χ0) is 25.3. The molecule has 0 bridgehead atoms. The van der Waals surface area contributed by atoms with Crippen LogP contribution in [0.25, 0.3) is 11.3 Å². The molecule has 1 atom stereocenters. The van der Waals surface area contributed by atoms with E-state index in [1.54, 1.807) is 30.3 Å². The van der Waals surface area contributed by atoms with E-state index >= 15 is 0 Å². The Labute approximate surface area is 207 Å². The van der Waals surface area contributed by atoms with E-state index in [0.717, 1.165) is 0 Å². The number of rotatable bonds is 8. The highest BCUT2D eigenvalue weighted by atomic mass is 32.2. The third kappa shape index (κ3) is 4.79. The highest BCUT2D eigenvalue weighted by Crippen LogP contribution is 2.45. The normalized spacial score (nSPS) is 24.6. The first kappa shape index (κ1) is 24.2. The topological polar surface area (TPSA) is 105 Å². The van der Waals surface area contributed by atoms with E-state index in [2.05, 4.69) is 20.5 Å². The summed E-state index contributed by atoms with van der Waals surface area (Å²) in [4.78, 5) is 17.4. The summed E-state index contributed by atoms with van der Waals surface area (Å²) in [6, 6.07) is 13.0. The largest absolute Gasteiger partial charge is 0.368 e. The van der Waals surface area contributed by atoms with Gasteiger partial charge in [0.1, 0.15) is 17.8 Å². The van der Waals surface area contributed by atoms with Crippen LogP contribution in [0.1, 0.15) is 25.0 Å². The molecular weight excluding hydrogens is 488 g/mol. The van der Waals surface area contributed by atoms with Gasteiger partial charge in [0, 0.05) is 29.4 Å². The third-order valence-electron chi connectivity index (χ3n) is 6.91. The maximum atomic E-state index is 14.4. The molecule has 2 aliphatic rings. The molecule has 36 heavy (non-hydrogen) atoms. The van der Waals surface area contributed by atoms with Gasteiger partial charge >= 0.3 is 0 Å². The van der Waals surface area contributed by atoms with E-state index in [1.807, 2.05) is 6.07 Å². The molecule has 1 aromatic carbocycles. The molecule has 5 rings (SSSR count).